The molecular weight excluding hydrogens is 868 g/mol. The summed E-state index contributed by atoms with van der Waals surface area (Å²) < 4.78 is 55.9. The van der Waals surface area contributed by atoms with Gasteiger partial charge in [0.05, 0.1) is 17.7 Å². The minimum Gasteiger partial charge on any atom is -0.462 e. The monoisotopic (exact) mass is 942 g/mol. The molecule has 0 aliphatic heterocycles. The minimum atomic E-state index is -4.75. The van der Waals surface area contributed by atoms with Crippen molar-refractivity contribution in [3.8, 4) is 5.75 Å². The first-order chi connectivity index (χ1) is 33.0. The maximum Gasteiger partial charge on any atom is 0.416 e. The second-order valence-electron chi connectivity index (χ2n) is 15.2. The summed E-state index contributed by atoms with van der Waals surface area (Å²) in [6.45, 7) is 4.52. The number of hydrogen-bond acceptors (Lipinski definition) is 7. The van der Waals surface area contributed by atoms with Gasteiger partial charge in [-0.25, -0.2) is 0 Å². The molecule has 0 bridgehead atoms. The van der Waals surface area contributed by atoms with Crippen LogP contribution >= 0.6 is 0 Å². The summed E-state index contributed by atoms with van der Waals surface area (Å²) in [5, 5.41) is 2.49. The molecule has 1 rings (SSSR count). The topological polar surface area (TPSA) is 108 Å². The van der Waals surface area contributed by atoms with E-state index in [1.54, 1.807) is 0 Å². The van der Waals surface area contributed by atoms with Gasteiger partial charge < -0.3 is 19.5 Å². The Morgan fingerprint density at radius 1 is 0.544 bits per heavy atom. The summed E-state index contributed by atoms with van der Waals surface area (Å²) in [6.07, 6.45) is 56.0. The van der Waals surface area contributed by atoms with E-state index in [0.29, 0.717) is 37.8 Å². The highest BCUT2D eigenvalue weighted by Gasteiger charge is 2.32. The largest absolute Gasteiger partial charge is 0.462 e. The number of benzene rings is 1. The number of carbonyl (C=O) groups is 4. The van der Waals surface area contributed by atoms with Crippen LogP contribution in [0.2, 0.25) is 0 Å². The average Bonchev–Trinajstić information content (AvgIpc) is 3.30. The molecule has 68 heavy (non-hydrogen) atoms. The molecule has 1 aromatic carbocycles. The lowest BCUT2D eigenvalue weighted by Gasteiger charge is -2.19. The van der Waals surface area contributed by atoms with Crippen molar-refractivity contribution in [2.75, 3.05) is 13.2 Å². The van der Waals surface area contributed by atoms with Crippen LogP contribution in [-0.4, -0.2) is 43.1 Å². The number of nitrogens with one attached hydrogen (secondary N) is 1. The van der Waals surface area contributed by atoms with Gasteiger partial charge in [-0.1, -0.05) is 160 Å². The first-order valence-corrected chi connectivity index (χ1v) is 23.8. The van der Waals surface area contributed by atoms with E-state index in [4.69, 9.17) is 14.2 Å². The van der Waals surface area contributed by atoms with E-state index in [2.05, 4.69) is 129 Å². The van der Waals surface area contributed by atoms with Gasteiger partial charge in [0.1, 0.15) is 12.4 Å². The number of halogens is 3. The number of hydrogen-bond donors (Lipinski definition) is 1. The van der Waals surface area contributed by atoms with Crippen molar-refractivity contribution in [3.63, 3.8) is 0 Å². The molecule has 1 unspecified atom stereocenters. The number of carbonyl (C=O) groups excluding carboxylic acids is 4. The Hall–Kier alpha value is -6.23. The predicted octanol–water partition coefficient (Wildman–Crippen LogP) is 14.8. The maximum absolute atomic E-state index is 13.4. The molecular formula is C57H74F3NO7. The molecule has 1 aromatic rings. The Bertz CT molecular complexity index is 1960. The number of amides is 1. The second kappa shape index (κ2) is 41.0. The van der Waals surface area contributed by atoms with Gasteiger partial charge in [-0.05, 0) is 108 Å². The van der Waals surface area contributed by atoms with Crippen LogP contribution in [0.5, 0.6) is 5.75 Å². The highest BCUT2D eigenvalue weighted by Crippen LogP contribution is 2.33. The lowest BCUT2D eigenvalue weighted by atomic mass is 10.1. The molecule has 0 saturated carbocycles. The van der Waals surface area contributed by atoms with Crippen LogP contribution in [0.1, 0.15) is 139 Å². The van der Waals surface area contributed by atoms with Gasteiger partial charge >= 0.3 is 24.1 Å². The number of esters is 3. The molecule has 0 aliphatic rings. The van der Waals surface area contributed by atoms with E-state index < -0.39 is 47.4 Å². The molecule has 0 aromatic heterocycles. The Morgan fingerprint density at radius 3 is 1.28 bits per heavy atom. The van der Waals surface area contributed by atoms with Gasteiger partial charge in [-0.3, -0.25) is 19.2 Å². The molecule has 0 radical (unpaired) electrons. The summed E-state index contributed by atoms with van der Waals surface area (Å²) in [5.74, 6) is -3.55. The first-order valence-electron chi connectivity index (χ1n) is 23.8. The molecule has 0 heterocycles. The van der Waals surface area contributed by atoms with Crippen molar-refractivity contribution >= 4 is 23.8 Å². The zero-order valence-electron chi connectivity index (χ0n) is 40.4. The average molecular weight is 942 g/mol. The fourth-order valence-electron chi connectivity index (χ4n) is 5.75. The molecule has 370 valence electrons. The fourth-order valence-corrected chi connectivity index (χ4v) is 5.75. The SMILES string of the molecule is CC/C=C\C/C=C\C/C=C\C/C=C\C/C=C\C/C=C\CCC(=O)OCC(CNC(=O)c1ccc(C(F)(F)F)cc1OC(C)=O)OC(=O)CC/C=C\C/C=C\C/C=C\C/C=C\C/C=C\C/C=C\CC. The van der Waals surface area contributed by atoms with Crippen molar-refractivity contribution in [2.24, 2.45) is 0 Å². The lowest BCUT2D eigenvalue weighted by molar-refractivity contribution is -0.158. The van der Waals surface area contributed by atoms with Crippen LogP contribution in [0.3, 0.4) is 0 Å². The van der Waals surface area contributed by atoms with Gasteiger partial charge in [0, 0.05) is 19.8 Å². The van der Waals surface area contributed by atoms with Gasteiger partial charge in [-0.2, -0.15) is 13.2 Å². The zero-order valence-corrected chi connectivity index (χ0v) is 40.4. The van der Waals surface area contributed by atoms with Gasteiger partial charge in [0.2, 0.25) is 0 Å². The summed E-state index contributed by atoms with van der Waals surface area (Å²) in [5.41, 5.74) is -1.45. The number of alkyl halides is 3. The molecule has 1 N–H and O–H groups in total. The Balaban J connectivity index is 2.64. The number of ether oxygens (including phenoxy) is 3. The zero-order chi connectivity index (χ0) is 49.8. The van der Waals surface area contributed by atoms with E-state index >= 15 is 0 Å². The van der Waals surface area contributed by atoms with Gasteiger partial charge in [0.25, 0.3) is 5.91 Å². The van der Waals surface area contributed by atoms with Crippen molar-refractivity contribution in [2.45, 2.75) is 136 Å². The molecule has 0 saturated heterocycles. The lowest BCUT2D eigenvalue weighted by Crippen LogP contribution is -2.38. The quantitative estimate of drug-likeness (QED) is 0.0410. The van der Waals surface area contributed by atoms with Crippen LogP contribution in [0.25, 0.3) is 0 Å². The number of allylic oxidation sites excluding steroid dienone is 24. The predicted molar refractivity (Wildman–Crippen MR) is 271 cm³/mol. The third-order valence-electron chi connectivity index (χ3n) is 9.25. The van der Waals surface area contributed by atoms with E-state index in [9.17, 15) is 32.3 Å². The van der Waals surface area contributed by atoms with Crippen molar-refractivity contribution in [3.05, 3.63) is 175 Å². The molecule has 0 spiro atoms. The molecule has 8 nitrogen and oxygen atoms in total. The Kier molecular flexibility index (Phi) is 36.0. The first kappa shape index (κ1) is 59.8. The van der Waals surface area contributed by atoms with Gasteiger partial charge in [-0.15, -0.1) is 0 Å². The molecule has 11 heteroatoms. The van der Waals surface area contributed by atoms with E-state index in [-0.39, 0.29) is 31.6 Å². The highest BCUT2D eigenvalue weighted by molar-refractivity contribution is 5.97. The van der Waals surface area contributed by atoms with Crippen LogP contribution in [0, 0.1) is 0 Å². The van der Waals surface area contributed by atoms with Crippen molar-refractivity contribution in [1.82, 2.24) is 5.32 Å². The summed E-state index contributed by atoms with van der Waals surface area (Å²) in [4.78, 5) is 50.2. The molecule has 0 fully saturated rings. The molecule has 1 amide bonds. The molecule has 0 aliphatic carbocycles. The highest BCUT2D eigenvalue weighted by atomic mass is 19.4. The Morgan fingerprint density at radius 2 is 0.912 bits per heavy atom. The second-order valence-corrected chi connectivity index (χ2v) is 15.2. The van der Waals surface area contributed by atoms with Crippen molar-refractivity contribution < 1.29 is 46.6 Å². The van der Waals surface area contributed by atoms with Gasteiger partial charge in [0.15, 0.2) is 6.10 Å². The van der Waals surface area contributed by atoms with Crippen LogP contribution in [-0.2, 0) is 30.0 Å². The normalized spacial score (nSPS) is 13.4. The molecule has 1 atom stereocenters. The van der Waals surface area contributed by atoms with E-state index in [1.165, 1.54) is 0 Å². The van der Waals surface area contributed by atoms with Crippen LogP contribution < -0.4 is 10.1 Å². The smallest absolute Gasteiger partial charge is 0.416 e. The summed E-state index contributed by atoms with van der Waals surface area (Å²) in [6, 6.07) is 2.13. The third-order valence-corrected chi connectivity index (χ3v) is 9.25. The summed E-state index contributed by atoms with van der Waals surface area (Å²) in [7, 11) is 0. The van der Waals surface area contributed by atoms with Crippen LogP contribution in [0.4, 0.5) is 13.2 Å². The van der Waals surface area contributed by atoms with E-state index in [0.717, 1.165) is 77.2 Å². The van der Waals surface area contributed by atoms with Crippen molar-refractivity contribution in [1.29, 1.82) is 0 Å². The standard InChI is InChI=1S/C57H74F3NO7/c1-4-6-8-10-12-14-16-18-20-22-24-26-28-30-32-34-36-38-40-42-54(63)66-48-51(47-61-56(65)52-45-44-50(57(58,59)60)46-53(52)67-49(3)62)68-55(64)43-41-39-37-35-33-31-29-27-25-23-21-19-17-15-13-11-9-7-5-2/h6-9,12-15,18-21,24-27,30-33,36-39,44-46,51H,4-5,10-11,16-17,22-23,28-29,34-35,40-43,47-48H2,1-3H3,(H,61,65)/b8-6-,9-7-,14-12-,15-13-,20-18-,21-19-,26-24-,27-25-,32-30-,33-31-,38-36-,39-37-. The van der Waals surface area contributed by atoms with E-state index in [1.807, 2.05) is 36.5 Å². The Labute approximate surface area is 404 Å². The maximum atomic E-state index is 13.4. The minimum absolute atomic E-state index is 0.0126. The number of rotatable bonds is 35. The summed E-state index contributed by atoms with van der Waals surface area (Å²) >= 11 is 0. The van der Waals surface area contributed by atoms with Crippen LogP contribution in [0.15, 0.2) is 164 Å². The third kappa shape index (κ3) is 35.0. The fraction of sp³-hybridized carbons (Fsp3) is 0.404.